The smallest absolute Gasteiger partial charge is 0.0713 e. The van der Waals surface area contributed by atoms with Gasteiger partial charge in [0.2, 0.25) is 0 Å². The highest BCUT2D eigenvalue weighted by Gasteiger charge is 2.46. The second kappa shape index (κ2) is 14.9. The predicted octanol–water partition coefficient (Wildman–Crippen LogP) is 17.5. The molecule has 0 saturated carbocycles. The lowest BCUT2D eigenvalue weighted by Gasteiger charge is -2.34. The van der Waals surface area contributed by atoms with E-state index in [0.717, 1.165) is 17.1 Å². The van der Waals surface area contributed by atoms with Crippen LogP contribution in [0.1, 0.15) is 47.2 Å². The Balaban J connectivity index is 0.979. The van der Waals surface area contributed by atoms with Gasteiger partial charge >= 0.3 is 0 Å². The fraction of sp³-hybridized carbons (Fsp3) is 0.0625. The van der Waals surface area contributed by atoms with Crippen LogP contribution in [-0.2, 0) is 10.8 Å². The Kier molecular flexibility index (Phi) is 8.72. The first-order valence-corrected chi connectivity index (χ1v) is 23.8. The Bertz CT molecular complexity index is 3630. The first kappa shape index (κ1) is 38.7. The lowest BCUT2D eigenvalue weighted by molar-refractivity contribution is 0.660. The van der Waals surface area contributed by atoms with E-state index in [-0.39, 0.29) is 5.41 Å². The molecule has 0 aliphatic heterocycles. The Morgan fingerprint density at radius 2 is 0.909 bits per heavy atom. The van der Waals surface area contributed by atoms with Crippen LogP contribution in [-0.4, -0.2) is 0 Å². The molecule has 13 rings (SSSR count). The summed E-state index contributed by atoms with van der Waals surface area (Å²) in [5.74, 6) is 0. The number of rotatable bonds is 7. The summed E-state index contributed by atoms with van der Waals surface area (Å²) < 4.78 is 2.65. The van der Waals surface area contributed by atoms with Gasteiger partial charge in [0.25, 0.3) is 0 Å². The normalized spacial score (nSPS) is 13.8. The van der Waals surface area contributed by atoms with E-state index in [9.17, 15) is 0 Å². The summed E-state index contributed by atoms with van der Waals surface area (Å²) in [6.45, 7) is 4.74. The lowest BCUT2D eigenvalue weighted by atomic mass is 9.67. The van der Waals surface area contributed by atoms with Crippen LogP contribution < -0.4 is 4.90 Å². The highest BCUT2D eigenvalue weighted by atomic mass is 32.1. The molecule has 1 heterocycles. The Morgan fingerprint density at radius 3 is 1.70 bits per heavy atom. The quantitative estimate of drug-likeness (QED) is 0.154. The van der Waals surface area contributed by atoms with E-state index in [4.69, 9.17) is 0 Å². The minimum absolute atomic E-state index is 0.133. The van der Waals surface area contributed by atoms with E-state index >= 15 is 0 Å². The molecule has 1 nitrogen and oxygen atoms in total. The van der Waals surface area contributed by atoms with Gasteiger partial charge in [0.15, 0.2) is 0 Å². The number of fused-ring (bicyclic) bond motifs is 9. The molecule has 0 saturated heterocycles. The van der Waals surface area contributed by atoms with Crippen molar-refractivity contribution in [1.29, 1.82) is 0 Å². The number of benzene rings is 10. The summed E-state index contributed by atoms with van der Waals surface area (Å²) >= 11 is 1.86. The zero-order valence-electron chi connectivity index (χ0n) is 36.9. The topological polar surface area (TPSA) is 3.24 Å². The summed E-state index contributed by atoms with van der Waals surface area (Å²) in [7, 11) is 0. The van der Waals surface area contributed by atoms with Gasteiger partial charge in [-0.2, -0.15) is 0 Å². The van der Waals surface area contributed by atoms with Gasteiger partial charge < -0.3 is 4.90 Å². The molecular weight excluding hydrogens is 815 g/mol. The van der Waals surface area contributed by atoms with Gasteiger partial charge in [-0.05, 0) is 132 Å². The molecule has 0 spiro atoms. The molecule has 312 valence electrons. The molecule has 11 aromatic rings. The first-order chi connectivity index (χ1) is 32.5. The Labute approximate surface area is 390 Å². The molecule has 0 radical (unpaired) electrons. The van der Waals surface area contributed by atoms with Crippen molar-refractivity contribution in [2.24, 2.45) is 0 Å². The predicted molar refractivity (Wildman–Crippen MR) is 280 cm³/mol. The fourth-order valence-electron chi connectivity index (χ4n) is 11.5. The zero-order chi connectivity index (χ0) is 44.0. The third kappa shape index (κ3) is 5.71. The lowest BCUT2D eigenvalue weighted by Crippen LogP contribution is -2.28. The van der Waals surface area contributed by atoms with Gasteiger partial charge in [0.1, 0.15) is 0 Å². The fourth-order valence-corrected chi connectivity index (χ4v) is 12.6. The minimum atomic E-state index is -0.467. The van der Waals surface area contributed by atoms with Crippen LogP contribution in [0.15, 0.2) is 237 Å². The SMILES string of the molecule is CC1(C)c2ccccc2-c2ccc(N(c3ccc(-c4ccc5sc6ccccc6c5c4)cc3)c3cccc(-c4cccc5c4-c4ccccc4C5(c4ccccc4)c4ccccc4)c3)cc21. The van der Waals surface area contributed by atoms with Gasteiger partial charge in [-0.1, -0.05) is 196 Å². The van der Waals surface area contributed by atoms with Gasteiger partial charge in [-0.25, -0.2) is 0 Å². The number of anilines is 3. The van der Waals surface area contributed by atoms with E-state index in [0.29, 0.717) is 0 Å². The van der Waals surface area contributed by atoms with Crippen molar-refractivity contribution >= 4 is 48.6 Å². The van der Waals surface area contributed by atoms with E-state index in [1.807, 2.05) is 11.3 Å². The van der Waals surface area contributed by atoms with Crippen molar-refractivity contribution in [2.45, 2.75) is 24.7 Å². The van der Waals surface area contributed by atoms with Crippen molar-refractivity contribution in [2.75, 3.05) is 4.90 Å². The molecule has 0 bridgehead atoms. The minimum Gasteiger partial charge on any atom is -0.310 e. The van der Waals surface area contributed by atoms with Gasteiger partial charge in [0.05, 0.1) is 5.41 Å². The highest BCUT2D eigenvalue weighted by molar-refractivity contribution is 7.25. The molecule has 10 aromatic carbocycles. The molecule has 1 aromatic heterocycles. The first-order valence-electron chi connectivity index (χ1n) is 23.0. The van der Waals surface area contributed by atoms with Crippen LogP contribution in [0, 0.1) is 0 Å². The van der Waals surface area contributed by atoms with Gasteiger partial charge in [-0.15, -0.1) is 11.3 Å². The molecule has 2 aliphatic rings. The molecule has 0 N–H and O–H groups in total. The average Bonchev–Trinajstić information content (AvgIpc) is 3.98. The van der Waals surface area contributed by atoms with E-state index in [1.165, 1.54) is 98.1 Å². The second-order valence-corrected chi connectivity index (χ2v) is 19.5. The van der Waals surface area contributed by atoms with Crippen molar-refractivity contribution in [3.63, 3.8) is 0 Å². The molecule has 0 atom stereocenters. The summed E-state index contributed by atoms with van der Waals surface area (Å²) in [5.41, 5.74) is 20.7. The Morgan fingerprint density at radius 1 is 0.333 bits per heavy atom. The van der Waals surface area contributed by atoms with Crippen molar-refractivity contribution in [1.82, 2.24) is 0 Å². The number of thiophene rings is 1. The van der Waals surface area contributed by atoms with Crippen LogP contribution in [0.2, 0.25) is 0 Å². The maximum atomic E-state index is 2.46. The van der Waals surface area contributed by atoms with Crippen LogP contribution in [0.3, 0.4) is 0 Å². The third-order valence-corrected chi connectivity index (χ3v) is 15.7. The zero-order valence-corrected chi connectivity index (χ0v) is 37.7. The third-order valence-electron chi connectivity index (χ3n) is 14.6. The Hall–Kier alpha value is -7.78. The number of hydrogen-bond donors (Lipinski definition) is 0. The van der Waals surface area contributed by atoms with E-state index < -0.39 is 5.41 Å². The van der Waals surface area contributed by atoms with Crippen molar-refractivity contribution in [3.05, 3.63) is 270 Å². The van der Waals surface area contributed by atoms with Crippen molar-refractivity contribution in [3.8, 4) is 44.5 Å². The monoisotopic (exact) mass is 859 g/mol. The van der Waals surface area contributed by atoms with Crippen LogP contribution >= 0.6 is 11.3 Å². The molecule has 0 fully saturated rings. The molecule has 0 unspecified atom stereocenters. The molecule has 0 amide bonds. The van der Waals surface area contributed by atoms with E-state index in [1.54, 1.807) is 0 Å². The molecule has 66 heavy (non-hydrogen) atoms. The molecule has 2 aliphatic carbocycles. The molecule has 2 heteroatoms. The number of hydrogen-bond acceptors (Lipinski definition) is 2. The number of nitrogens with zero attached hydrogens (tertiary/aromatic N) is 1. The summed E-state index contributed by atoms with van der Waals surface area (Å²) in [5, 5.41) is 2.64. The average molecular weight is 860 g/mol. The maximum absolute atomic E-state index is 2.46. The second-order valence-electron chi connectivity index (χ2n) is 18.4. The maximum Gasteiger partial charge on any atom is 0.0713 e. The largest absolute Gasteiger partial charge is 0.310 e. The van der Waals surface area contributed by atoms with Gasteiger partial charge in [-0.3, -0.25) is 0 Å². The van der Waals surface area contributed by atoms with Crippen LogP contribution in [0.4, 0.5) is 17.1 Å². The summed E-state index contributed by atoms with van der Waals surface area (Å²) in [6.07, 6.45) is 0. The summed E-state index contributed by atoms with van der Waals surface area (Å²) in [4.78, 5) is 2.46. The highest BCUT2D eigenvalue weighted by Crippen LogP contribution is 2.58. The standard InChI is InChI=1S/C64H45NS/c1-63(2)56-27-12-9-23-51(56)52-37-36-49(41-59(52)63)65(47-34-31-42(32-35-47)43-33-38-61-55(40-43)53-24-11-14-30-60(53)66-61)48-22-15-17-44(39-48)50-26-16-29-58-62(50)54-25-10-13-28-57(54)64(58,45-18-5-3-6-19-45)46-20-7-4-8-21-46/h3-41H,1-2H3. The van der Waals surface area contributed by atoms with Crippen LogP contribution in [0.5, 0.6) is 0 Å². The van der Waals surface area contributed by atoms with Crippen molar-refractivity contribution < 1.29 is 0 Å². The van der Waals surface area contributed by atoms with E-state index in [2.05, 4.69) is 255 Å². The van der Waals surface area contributed by atoms with Crippen LogP contribution in [0.25, 0.3) is 64.7 Å². The summed E-state index contributed by atoms with van der Waals surface area (Å²) in [6, 6.07) is 88.3. The van der Waals surface area contributed by atoms with Gasteiger partial charge in [0, 0.05) is 42.6 Å². The molecular formula is C64H45NS.